The Labute approximate surface area is 159 Å². The number of hydrogen-bond acceptors (Lipinski definition) is 4. The molecule has 0 spiro atoms. The van der Waals surface area contributed by atoms with Crippen molar-refractivity contribution in [3.8, 4) is 22.4 Å². The van der Waals surface area contributed by atoms with Crippen LogP contribution in [0.4, 0.5) is 4.39 Å². The highest BCUT2D eigenvalue weighted by atomic mass is 19.1. The Bertz CT molecular complexity index is 1240. The Morgan fingerprint density at radius 2 is 1.79 bits per heavy atom. The van der Waals surface area contributed by atoms with Gasteiger partial charge in [-0.3, -0.25) is 9.67 Å². The van der Waals surface area contributed by atoms with Crippen LogP contribution in [0.15, 0.2) is 73.6 Å². The molecule has 7 heteroatoms. The largest absolute Gasteiger partial charge is 0.344 e. The molecule has 0 fully saturated rings. The van der Waals surface area contributed by atoms with E-state index in [1.165, 1.54) is 12.1 Å². The Morgan fingerprint density at radius 3 is 2.61 bits per heavy atom. The highest BCUT2D eigenvalue weighted by molar-refractivity contribution is 5.91. The molecule has 0 atom stereocenters. The van der Waals surface area contributed by atoms with E-state index in [2.05, 4.69) is 20.1 Å². The van der Waals surface area contributed by atoms with Gasteiger partial charge in [0.2, 0.25) is 0 Å². The molecule has 5 aromatic rings. The zero-order valence-corrected chi connectivity index (χ0v) is 14.7. The maximum atomic E-state index is 13.1. The second-order valence-corrected chi connectivity index (χ2v) is 6.44. The van der Waals surface area contributed by atoms with Gasteiger partial charge in [0, 0.05) is 41.5 Å². The van der Waals surface area contributed by atoms with Crippen LogP contribution in [-0.2, 0) is 6.54 Å². The standard InChI is InChI=1S/C21H15FN6/c22-17-3-1-14(2-4-17)12-28-13-16(9-26-28)18-10-24-21-20(18)27-19(11-25-21)15-5-7-23-8-6-15/h1-11,13H,12H2,(H,24,25). The zero-order chi connectivity index (χ0) is 18.9. The quantitative estimate of drug-likeness (QED) is 0.518. The smallest absolute Gasteiger partial charge is 0.156 e. The Hall–Kier alpha value is -3.87. The van der Waals surface area contributed by atoms with Crippen molar-refractivity contribution >= 4 is 11.2 Å². The van der Waals surface area contributed by atoms with Crippen LogP contribution in [0.5, 0.6) is 0 Å². The third kappa shape index (κ3) is 3.03. The number of nitrogens with zero attached hydrogens (tertiary/aromatic N) is 5. The van der Waals surface area contributed by atoms with Gasteiger partial charge >= 0.3 is 0 Å². The molecule has 0 aliphatic carbocycles. The molecule has 0 unspecified atom stereocenters. The summed E-state index contributed by atoms with van der Waals surface area (Å²) in [6.07, 6.45) is 10.9. The number of halogens is 1. The van der Waals surface area contributed by atoms with E-state index in [9.17, 15) is 4.39 Å². The summed E-state index contributed by atoms with van der Waals surface area (Å²) in [6, 6.07) is 10.2. The van der Waals surface area contributed by atoms with E-state index in [1.54, 1.807) is 36.9 Å². The molecular weight excluding hydrogens is 355 g/mol. The molecule has 0 saturated carbocycles. The topological polar surface area (TPSA) is 72.3 Å². The summed E-state index contributed by atoms with van der Waals surface area (Å²) in [5, 5.41) is 4.43. The molecule has 1 N–H and O–H groups in total. The summed E-state index contributed by atoms with van der Waals surface area (Å²) in [7, 11) is 0. The maximum Gasteiger partial charge on any atom is 0.156 e. The number of fused-ring (bicyclic) bond motifs is 1. The lowest BCUT2D eigenvalue weighted by molar-refractivity contribution is 0.624. The molecule has 136 valence electrons. The van der Waals surface area contributed by atoms with Crippen LogP contribution in [0.1, 0.15) is 5.56 Å². The normalized spacial score (nSPS) is 11.2. The number of aromatic nitrogens is 6. The fraction of sp³-hybridized carbons (Fsp3) is 0.0476. The number of nitrogens with one attached hydrogen (secondary N) is 1. The van der Waals surface area contributed by atoms with Crippen molar-refractivity contribution < 1.29 is 4.39 Å². The van der Waals surface area contributed by atoms with Gasteiger partial charge in [-0.15, -0.1) is 0 Å². The second kappa shape index (κ2) is 6.70. The first kappa shape index (κ1) is 16.3. The van der Waals surface area contributed by atoms with Crippen molar-refractivity contribution in [2.45, 2.75) is 6.54 Å². The summed E-state index contributed by atoms with van der Waals surface area (Å²) < 4.78 is 14.9. The lowest BCUT2D eigenvalue weighted by atomic mass is 10.1. The lowest BCUT2D eigenvalue weighted by Crippen LogP contribution is -1.99. The summed E-state index contributed by atoms with van der Waals surface area (Å²) in [4.78, 5) is 16.5. The number of pyridine rings is 1. The fourth-order valence-electron chi connectivity index (χ4n) is 3.14. The Morgan fingerprint density at radius 1 is 0.964 bits per heavy atom. The van der Waals surface area contributed by atoms with Crippen LogP contribution < -0.4 is 0 Å². The van der Waals surface area contributed by atoms with Crippen LogP contribution in [0.3, 0.4) is 0 Å². The van der Waals surface area contributed by atoms with Gasteiger partial charge < -0.3 is 4.98 Å². The molecule has 0 bridgehead atoms. The van der Waals surface area contributed by atoms with Crippen molar-refractivity contribution in [1.29, 1.82) is 0 Å². The van der Waals surface area contributed by atoms with Crippen molar-refractivity contribution in [2.75, 3.05) is 0 Å². The molecule has 0 aliphatic heterocycles. The van der Waals surface area contributed by atoms with Crippen LogP contribution in [0, 0.1) is 5.82 Å². The van der Waals surface area contributed by atoms with Gasteiger partial charge in [-0.25, -0.2) is 14.4 Å². The molecule has 0 aliphatic rings. The van der Waals surface area contributed by atoms with Crippen LogP contribution >= 0.6 is 0 Å². The molecule has 0 saturated heterocycles. The van der Waals surface area contributed by atoms with Crippen molar-refractivity contribution in [3.05, 3.63) is 85.0 Å². The number of H-pyrrole nitrogens is 1. The summed E-state index contributed by atoms with van der Waals surface area (Å²) in [5.74, 6) is -0.243. The molecule has 5 rings (SSSR count). The van der Waals surface area contributed by atoms with Gasteiger partial charge in [0.15, 0.2) is 5.65 Å². The summed E-state index contributed by atoms with van der Waals surface area (Å²) in [5.41, 5.74) is 6.11. The fourth-order valence-corrected chi connectivity index (χ4v) is 3.14. The number of aromatic amines is 1. The van der Waals surface area contributed by atoms with E-state index >= 15 is 0 Å². The van der Waals surface area contributed by atoms with E-state index < -0.39 is 0 Å². The number of benzene rings is 1. The molecule has 0 amide bonds. The summed E-state index contributed by atoms with van der Waals surface area (Å²) in [6.45, 7) is 0.566. The van der Waals surface area contributed by atoms with Crippen molar-refractivity contribution in [2.24, 2.45) is 0 Å². The second-order valence-electron chi connectivity index (χ2n) is 6.44. The molecule has 28 heavy (non-hydrogen) atoms. The molecule has 6 nitrogen and oxygen atoms in total. The van der Waals surface area contributed by atoms with Gasteiger partial charge in [-0.1, -0.05) is 12.1 Å². The Balaban J connectivity index is 1.49. The Kier molecular flexibility index (Phi) is 3.90. The molecule has 0 radical (unpaired) electrons. The molecule has 1 aromatic carbocycles. The first-order chi connectivity index (χ1) is 13.8. The van der Waals surface area contributed by atoms with Gasteiger partial charge in [0.05, 0.1) is 24.6 Å². The minimum atomic E-state index is -0.243. The van der Waals surface area contributed by atoms with E-state index in [0.717, 1.165) is 39.1 Å². The number of rotatable bonds is 4. The molecule has 4 aromatic heterocycles. The SMILES string of the molecule is Fc1ccc(Cn2cc(-c3c[nH]c4ncc(-c5ccncc5)nc34)cn2)cc1. The molecule has 4 heterocycles. The van der Waals surface area contributed by atoms with Crippen molar-refractivity contribution in [3.63, 3.8) is 0 Å². The van der Waals surface area contributed by atoms with E-state index in [4.69, 9.17) is 4.98 Å². The van der Waals surface area contributed by atoms with Crippen molar-refractivity contribution in [1.82, 2.24) is 29.7 Å². The summed E-state index contributed by atoms with van der Waals surface area (Å²) >= 11 is 0. The van der Waals surface area contributed by atoms with Gasteiger partial charge in [0.25, 0.3) is 0 Å². The van der Waals surface area contributed by atoms with Crippen LogP contribution in [-0.4, -0.2) is 29.7 Å². The monoisotopic (exact) mass is 370 g/mol. The predicted molar refractivity (Wildman–Crippen MR) is 104 cm³/mol. The van der Waals surface area contributed by atoms with Gasteiger partial charge in [-0.05, 0) is 29.8 Å². The first-order valence-corrected chi connectivity index (χ1v) is 8.78. The van der Waals surface area contributed by atoms with Crippen LogP contribution in [0.2, 0.25) is 0 Å². The average Bonchev–Trinajstić information content (AvgIpc) is 3.36. The average molecular weight is 370 g/mol. The number of hydrogen-bond donors (Lipinski definition) is 1. The highest BCUT2D eigenvalue weighted by Crippen LogP contribution is 2.28. The zero-order valence-electron chi connectivity index (χ0n) is 14.7. The first-order valence-electron chi connectivity index (χ1n) is 8.78. The molecular formula is C21H15FN6. The minimum absolute atomic E-state index is 0.243. The van der Waals surface area contributed by atoms with Gasteiger partial charge in [0.1, 0.15) is 11.3 Å². The van der Waals surface area contributed by atoms with E-state index in [1.807, 2.05) is 29.2 Å². The van der Waals surface area contributed by atoms with Gasteiger partial charge in [-0.2, -0.15) is 5.10 Å². The van der Waals surface area contributed by atoms with Crippen LogP contribution in [0.25, 0.3) is 33.5 Å². The third-order valence-corrected chi connectivity index (χ3v) is 4.56. The predicted octanol–water partition coefficient (Wildman–Crippen LogP) is 4.07. The van der Waals surface area contributed by atoms with E-state index in [-0.39, 0.29) is 5.82 Å². The third-order valence-electron chi connectivity index (χ3n) is 4.56. The maximum absolute atomic E-state index is 13.1. The minimum Gasteiger partial charge on any atom is -0.344 e. The highest BCUT2D eigenvalue weighted by Gasteiger charge is 2.12. The van der Waals surface area contributed by atoms with E-state index in [0.29, 0.717) is 6.54 Å². The lowest BCUT2D eigenvalue weighted by Gasteiger charge is -2.02.